The molecule has 2 fully saturated rings. The van der Waals surface area contributed by atoms with Crippen LogP contribution >= 0.6 is 0 Å². The van der Waals surface area contributed by atoms with Gasteiger partial charge in [0.2, 0.25) is 0 Å². The Morgan fingerprint density at radius 3 is 2.69 bits per heavy atom. The molecular weight excluding hydrogens is 196 g/mol. The third-order valence-electron chi connectivity index (χ3n) is 4.53. The predicted octanol–water partition coefficient (Wildman–Crippen LogP) is 2.63. The smallest absolute Gasteiger partial charge is 0.0167 e. The van der Waals surface area contributed by atoms with E-state index in [-0.39, 0.29) is 0 Å². The van der Waals surface area contributed by atoms with Crippen molar-refractivity contribution in [1.82, 2.24) is 4.90 Å². The van der Waals surface area contributed by atoms with Crippen LogP contribution in [0, 0.1) is 11.8 Å². The summed E-state index contributed by atoms with van der Waals surface area (Å²) in [7, 11) is 0. The van der Waals surface area contributed by atoms with Crippen molar-refractivity contribution >= 4 is 0 Å². The molecule has 16 heavy (non-hydrogen) atoms. The van der Waals surface area contributed by atoms with Crippen LogP contribution in [0.15, 0.2) is 0 Å². The maximum Gasteiger partial charge on any atom is 0.0167 e. The van der Waals surface area contributed by atoms with Crippen LogP contribution < -0.4 is 5.73 Å². The molecule has 0 aromatic rings. The fraction of sp³-hybridized carbons (Fsp3) is 1.00. The summed E-state index contributed by atoms with van der Waals surface area (Å²) in [6.45, 7) is 6.00. The average Bonchev–Trinajstić information content (AvgIpc) is 2.29. The summed E-state index contributed by atoms with van der Waals surface area (Å²) < 4.78 is 0. The van der Waals surface area contributed by atoms with E-state index in [0.717, 1.165) is 18.4 Å². The lowest BCUT2D eigenvalue weighted by atomic mass is 9.75. The van der Waals surface area contributed by atoms with Gasteiger partial charge in [0.15, 0.2) is 0 Å². The highest BCUT2D eigenvalue weighted by molar-refractivity contribution is 4.84. The lowest BCUT2D eigenvalue weighted by molar-refractivity contribution is 0.0821. The van der Waals surface area contributed by atoms with Crippen LogP contribution in [0.4, 0.5) is 0 Å². The van der Waals surface area contributed by atoms with Gasteiger partial charge in [0, 0.05) is 19.1 Å². The average molecular weight is 224 g/mol. The Bertz CT molecular complexity index is 205. The number of fused-ring (bicyclic) bond motifs is 1. The standard InChI is InChI=1S/C14H28N2/c1-2-5-14(15)11-16-9-8-12-6-3-4-7-13(12)10-16/h12-14H,2-11,15H2,1H3/t12-,13-,14+/m1/s1. The molecule has 3 atom stereocenters. The molecular formula is C14H28N2. The molecule has 0 unspecified atom stereocenters. The molecule has 1 aliphatic carbocycles. The highest BCUT2D eigenvalue weighted by Gasteiger charge is 2.31. The minimum atomic E-state index is 0.408. The second-order valence-corrected chi connectivity index (χ2v) is 5.90. The Morgan fingerprint density at radius 1 is 1.19 bits per heavy atom. The third-order valence-corrected chi connectivity index (χ3v) is 4.53. The SMILES string of the molecule is CCC[C@H](N)CN1CC[C@H]2CCCC[C@@H]2C1. The number of likely N-dealkylation sites (tertiary alicyclic amines) is 1. The first-order valence-corrected chi connectivity index (χ1v) is 7.27. The number of hydrogen-bond donors (Lipinski definition) is 1. The largest absolute Gasteiger partial charge is 0.327 e. The van der Waals surface area contributed by atoms with Gasteiger partial charge in [-0.2, -0.15) is 0 Å². The van der Waals surface area contributed by atoms with Crippen LogP contribution in [-0.4, -0.2) is 30.6 Å². The summed E-state index contributed by atoms with van der Waals surface area (Å²) in [5.74, 6) is 2.05. The monoisotopic (exact) mass is 224 g/mol. The molecule has 0 aromatic heterocycles. The minimum absolute atomic E-state index is 0.408. The van der Waals surface area contributed by atoms with E-state index in [4.69, 9.17) is 5.73 Å². The van der Waals surface area contributed by atoms with Crippen molar-refractivity contribution in [3.63, 3.8) is 0 Å². The van der Waals surface area contributed by atoms with E-state index in [1.54, 1.807) is 0 Å². The van der Waals surface area contributed by atoms with Gasteiger partial charge in [0.05, 0.1) is 0 Å². The lowest BCUT2D eigenvalue weighted by Gasteiger charge is -2.42. The van der Waals surface area contributed by atoms with Gasteiger partial charge in [0.1, 0.15) is 0 Å². The number of hydrogen-bond acceptors (Lipinski definition) is 2. The van der Waals surface area contributed by atoms with Crippen LogP contribution in [0.5, 0.6) is 0 Å². The van der Waals surface area contributed by atoms with Gasteiger partial charge in [-0.3, -0.25) is 0 Å². The Labute approximate surface area is 101 Å². The highest BCUT2D eigenvalue weighted by atomic mass is 15.1. The number of piperidine rings is 1. The molecule has 1 saturated heterocycles. The van der Waals surface area contributed by atoms with Gasteiger partial charge in [-0.05, 0) is 37.6 Å². The third kappa shape index (κ3) is 3.21. The Morgan fingerprint density at radius 2 is 1.94 bits per heavy atom. The van der Waals surface area contributed by atoms with Gasteiger partial charge in [0.25, 0.3) is 0 Å². The summed E-state index contributed by atoms with van der Waals surface area (Å²) in [6, 6.07) is 0.408. The normalized spacial score (nSPS) is 33.4. The molecule has 2 N–H and O–H groups in total. The quantitative estimate of drug-likeness (QED) is 0.795. The maximum absolute atomic E-state index is 6.14. The van der Waals surface area contributed by atoms with Gasteiger partial charge in [-0.15, -0.1) is 0 Å². The first kappa shape index (κ1) is 12.4. The fourth-order valence-corrected chi connectivity index (χ4v) is 3.64. The maximum atomic E-state index is 6.14. The van der Waals surface area contributed by atoms with Gasteiger partial charge in [-0.25, -0.2) is 0 Å². The van der Waals surface area contributed by atoms with E-state index in [2.05, 4.69) is 11.8 Å². The zero-order chi connectivity index (χ0) is 11.4. The molecule has 0 amide bonds. The van der Waals surface area contributed by atoms with Gasteiger partial charge in [-0.1, -0.05) is 32.6 Å². The summed E-state index contributed by atoms with van der Waals surface area (Å²) >= 11 is 0. The second-order valence-electron chi connectivity index (χ2n) is 5.90. The molecule has 2 aliphatic rings. The van der Waals surface area contributed by atoms with E-state index < -0.39 is 0 Å². The molecule has 1 aliphatic heterocycles. The van der Waals surface area contributed by atoms with Crippen molar-refractivity contribution in [1.29, 1.82) is 0 Å². The Hall–Kier alpha value is -0.0800. The first-order chi connectivity index (χ1) is 7.79. The number of nitrogens with zero attached hydrogens (tertiary/aromatic N) is 1. The zero-order valence-corrected chi connectivity index (χ0v) is 10.8. The molecule has 0 radical (unpaired) electrons. The molecule has 1 heterocycles. The summed E-state index contributed by atoms with van der Waals surface area (Å²) in [4.78, 5) is 2.63. The van der Waals surface area contributed by atoms with Gasteiger partial charge >= 0.3 is 0 Å². The molecule has 0 bridgehead atoms. The van der Waals surface area contributed by atoms with Crippen LogP contribution in [-0.2, 0) is 0 Å². The lowest BCUT2D eigenvalue weighted by Crippen LogP contribution is -2.46. The molecule has 2 nitrogen and oxygen atoms in total. The summed E-state index contributed by atoms with van der Waals surface area (Å²) in [5.41, 5.74) is 6.14. The van der Waals surface area contributed by atoms with Crippen molar-refractivity contribution in [2.24, 2.45) is 17.6 Å². The zero-order valence-electron chi connectivity index (χ0n) is 10.8. The predicted molar refractivity (Wildman–Crippen MR) is 69.4 cm³/mol. The number of rotatable bonds is 4. The summed E-state index contributed by atoms with van der Waals surface area (Å²) in [5, 5.41) is 0. The minimum Gasteiger partial charge on any atom is -0.327 e. The van der Waals surface area contributed by atoms with E-state index in [9.17, 15) is 0 Å². The Kier molecular flexibility index (Phi) is 4.66. The second kappa shape index (κ2) is 6.02. The Balaban J connectivity index is 1.76. The van der Waals surface area contributed by atoms with E-state index in [1.165, 1.54) is 58.0 Å². The van der Waals surface area contributed by atoms with E-state index >= 15 is 0 Å². The molecule has 1 saturated carbocycles. The molecule has 94 valence electrons. The topological polar surface area (TPSA) is 29.3 Å². The van der Waals surface area contributed by atoms with E-state index in [0.29, 0.717) is 6.04 Å². The van der Waals surface area contributed by atoms with Crippen molar-refractivity contribution in [2.75, 3.05) is 19.6 Å². The van der Waals surface area contributed by atoms with Crippen LogP contribution in [0.25, 0.3) is 0 Å². The van der Waals surface area contributed by atoms with Gasteiger partial charge < -0.3 is 10.6 Å². The molecule has 0 spiro atoms. The van der Waals surface area contributed by atoms with Crippen LogP contribution in [0.1, 0.15) is 51.9 Å². The van der Waals surface area contributed by atoms with E-state index in [1.807, 2.05) is 0 Å². The highest BCUT2D eigenvalue weighted by Crippen LogP contribution is 2.35. The fourth-order valence-electron chi connectivity index (χ4n) is 3.64. The van der Waals surface area contributed by atoms with Crippen molar-refractivity contribution in [3.05, 3.63) is 0 Å². The molecule has 0 aromatic carbocycles. The first-order valence-electron chi connectivity index (χ1n) is 7.27. The number of nitrogens with two attached hydrogens (primary N) is 1. The van der Waals surface area contributed by atoms with Crippen molar-refractivity contribution < 1.29 is 0 Å². The summed E-state index contributed by atoms with van der Waals surface area (Å²) in [6.07, 6.45) is 9.77. The van der Waals surface area contributed by atoms with Crippen molar-refractivity contribution in [3.8, 4) is 0 Å². The van der Waals surface area contributed by atoms with Crippen molar-refractivity contribution in [2.45, 2.75) is 57.9 Å². The molecule has 2 heteroatoms. The van der Waals surface area contributed by atoms with Crippen LogP contribution in [0.3, 0.4) is 0 Å². The van der Waals surface area contributed by atoms with Crippen LogP contribution in [0.2, 0.25) is 0 Å². The molecule has 2 rings (SSSR count).